The minimum atomic E-state index is -0.792. The second kappa shape index (κ2) is 3.10. The summed E-state index contributed by atoms with van der Waals surface area (Å²) in [6.07, 6.45) is -0.792. The zero-order valence-corrected chi connectivity index (χ0v) is 6.78. The molecule has 0 radical (unpaired) electrons. The van der Waals surface area contributed by atoms with Crippen molar-refractivity contribution in [1.29, 1.82) is 0 Å². The molecule has 0 aromatic carbocycles. The van der Waals surface area contributed by atoms with E-state index in [4.69, 9.17) is 5.73 Å². The quantitative estimate of drug-likeness (QED) is 0.459. The third kappa shape index (κ3) is 1.40. The maximum Gasteiger partial charge on any atom is 0.226 e. The van der Waals surface area contributed by atoms with Crippen molar-refractivity contribution in [2.75, 3.05) is 6.54 Å². The van der Waals surface area contributed by atoms with E-state index in [-0.39, 0.29) is 12.5 Å². The van der Waals surface area contributed by atoms with Gasteiger partial charge in [-0.2, -0.15) is 0 Å². The molecule has 3 atom stereocenters. The Morgan fingerprint density at radius 3 is 2.75 bits per heavy atom. The lowest BCUT2D eigenvalue weighted by Crippen LogP contribution is -2.36. The first kappa shape index (κ1) is 8.99. The van der Waals surface area contributed by atoms with Gasteiger partial charge in [0.1, 0.15) is 0 Å². The van der Waals surface area contributed by atoms with Crippen LogP contribution in [0.5, 0.6) is 0 Å². The molecule has 0 spiro atoms. The van der Waals surface area contributed by atoms with E-state index in [2.05, 4.69) is 5.32 Å². The third-order valence-corrected chi connectivity index (χ3v) is 2.19. The van der Waals surface area contributed by atoms with Crippen LogP contribution in [0.4, 0.5) is 0 Å². The minimum Gasteiger partial charge on any atom is -0.390 e. The van der Waals surface area contributed by atoms with Gasteiger partial charge in [0.2, 0.25) is 11.8 Å². The summed E-state index contributed by atoms with van der Waals surface area (Å²) in [7, 11) is 0. The van der Waals surface area contributed by atoms with Gasteiger partial charge in [-0.1, -0.05) is 6.92 Å². The van der Waals surface area contributed by atoms with Crippen molar-refractivity contribution in [2.45, 2.75) is 13.0 Å². The molecule has 1 saturated heterocycles. The summed E-state index contributed by atoms with van der Waals surface area (Å²) in [5.41, 5.74) is 5.01. The summed E-state index contributed by atoms with van der Waals surface area (Å²) in [5, 5.41) is 11.7. The smallest absolute Gasteiger partial charge is 0.226 e. The molecule has 1 fully saturated rings. The first-order chi connectivity index (χ1) is 5.54. The van der Waals surface area contributed by atoms with E-state index in [1.54, 1.807) is 6.92 Å². The highest BCUT2D eigenvalue weighted by Crippen LogP contribution is 2.19. The number of aliphatic hydroxyl groups excluding tert-OH is 1. The lowest BCUT2D eigenvalue weighted by Gasteiger charge is -2.15. The Morgan fingerprint density at radius 2 is 2.42 bits per heavy atom. The number of nitrogens with one attached hydrogen (secondary N) is 1. The molecule has 0 bridgehead atoms. The van der Waals surface area contributed by atoms with Crippen molar-refractivity contribution in [3.05, 3.63) is 0 Å². The Morgan fingerprint density at radius 1 is 1.83 bits per heavy atom. The van der Waals surface area contributed by atoms with Crippen LogP contribution in [0.1, 0.15) is 6.92 Å². The molecule has 4 N–H and O–H groups in total. The fourth-order valence-electron chi connectivity index (χ4n) is 1.36. The van der Waals surface area contributed by atoms with Gasteiger partial charge in [0.25, 0.3) is 0 Å². The summed E-state index contributed by atoms with van der Waals surface area (Å²) in [6.45, 7) is 1.75. The summed E-state index contributed by atoms with van der Waals surface area (Å²) in [6, 6.07) is 0. The Labute approximate surface area is 69.9 Å². The van der Waals surface area contributed by atoms with Gasteiger partial charge in [0.05, 0.1) is 12.0 Å². The first-order valence-electron chi connectivity index (χ1n) is 3.79. The predicted octanol–water partition coefficient (Wildman–Crippen LogP) is -1.79. The number of amides is 2. The standard InChI is InChI=1S/C7H12N2O3/c1-3(6(8)11)5-4(10)2-9-7(5)12/h3-5,10H,2H2,1H3,(H2,8,11)(H,9,12)/t3?,4-,5?/m0/s1. The van der Waals surface area contributed by atoms with Crippen molar-refractivity contribution in [3.63, 3.8) is 0 Å². The molecule has 12 heavy (non-hydrogen) atoms. The third-order valence-electron chi connectivity index (χ3n) is 2.19. The zero-order valence-electron chi connectivity index (χ0n) is 6.78. The van der Waals surface area contributed by atoms with E-state index in [0.29, 0.717) is 0 Å². The molecule has 1 aliphatic heterocycles. The molecule has 5 heteroatoms. The number of primary amides is 1. The molecule has 1 aliphatic rings. The fourth-order valence-corrected chi connectivity index (χ4v) is 1.36. The molecular weight excluding hydrogens is 160 g/mol. The van der Waals surface area contributed by atoms with Crippen LogP contribution >= 0.6 is 0 Å². The Bertz CT molecular complexity index is 217. The SMILES string of the molecule is CC(C(N)=O)C1C(=O)NC[C@@H]1O. The molecule has 0 saturated carbocycles. The van der Waals surface area contributed by atoms with Gasteiger partial charge in [-0.25, -0.2) is 0 Å². The number of nitrogens with two attached hydrogens (primary N) is 1. The lowest BCUT2D eigenvalue weighted by molar-refractivity contribution is -0.132. The number of β-amino-alcohol motifs (C(OH)–C–C–N with tert-alkyl or cyclic N) is 1. The van der Waals surface area contributed by atoms with E-state index in [9.17, 15) is 14.7 Å². The molecule has 2 amide bonds. The molecule has 1 rings (SSSR count). The minimum absolute atomic E-state index is 0.209. The van der Waals surface area contributed by atoms with Crippen LogP contribution in [0.2, 0.25) is 0 Å². The van der Waals surface area contributed by atoms with Crippen molar-refractivity contribution in [1.82, 2.24) is 5.32 Å². The molecule has 5 nitrogen and oxygen atoms in total. The van der Waals surface area contributed by atoms with E-state index in [1.165, 1.54) is 0 Å². The highest BCUT2D eigenvalue weighted by atomic mass is 16.3. The average molecular weight is 172 g/mol. The molecule has 0 aromatic rings. The van der Waals surface area contributed by atoms with Crippen molar-refractivity contribution >= 4 is 11.8 Å². The van der Waals surface area contributed by atoms with Gasteiger partial charge in [0.15, 0.2) is 0 Å². The van der Waals surface area contributed by atoms with Gasteiger partial charge in [-0.05, 0) is 0 Å². The topological polar surface area (TPSA) is 92.4 Å². The largest absolute Gasteiger partial charge is 0.390 e. The maximum absolute atomic E-state index is 11.1. The molecule has 0 aromatic heterocycles. The van der Waals surface area contributed by atoms with Crippen molar-refractivity contribution in [3.8, 4) is 0 Å². The van der Waals surface area contributed by atoms with Crippen molar-refractivity contribution in [2.24, 2.45) is 17.6 Å². The van der Waals surface area contributed by atoms with Crippen LogP contribution in [0, 0.1) is 11.8 Å². The number of hydrogen-bond acceptors (Lipinski definition) is 3. The molecule has 2 unspecified atom stereocenters. The molecule has 68 valence electrons. The van der Waals surface area contributed by atoms with E-state index >= 15 is 0 Å². The van der Waals surface area contributed by atoms with Crippen LogP contribution < -0.4 is 11.1 Å². The fraction of sp³-hybridized carbons (Fsp3) is 0.714. The van der Waals surface area contributed by atoms with Gasteiger partial charge >= 0.3 is 0 Å². The summed E-state index contributed by atoms with van der Waals surface area (Å²) in [4.78, 5) is 21.8. The number of carbonyl (C=O) groups excluding carboxylic acids is 2. The summed E-state index contributed by atoms with van der Waals surface area (Å²) in [5.74, 6) is -2.14. The van der Waals surface area contributed by atoms with Crippen LogP contribution in [0.3, 0.4) is 0 Å². The summed E-state index contributed by atoms with van der Waals surface area (Å²) < 4.78 is 0. The van der Waals surface area contributed by atoms with Crippen molar-refractivity contribution < 1.29 is 14.7 Å². The average Bonchev–Trinajstić information content (AvgIpc) is 2.30. The number of rotatable bonds is 2. The van der Waals surface area contributed by atoms with Gasteiger partial charge in [-0.3, -0.25) is 9.59 Å². The summed E-state index contributed by atoms with van der Waals surface area (Å²) >= 11 is 0. The van der Waals surface area contributed by atoms with Crippen LogP contribution in [0.15, 0.2) is 0 Å². The first-order valence-corrected chi connectivity index (χ1v) is 3.79. The lowest BCUT2D eigenvalue weighted by atomic mass is 9.90. The van der Waals surface area contributed by atoms with E-state index < -0.39 is 23.8 Å². The zero-order chi connectivity index (χ0) is 9.30. The van der Waals surface area contributed by atoms with Gasteiger partial charge in [0, 0.05) is 12.5 Å². The predicted molar refractivity (Wildman–Crippen MR) is 40.9 cm³/mol. The second-order valence-corrected chi connectivity index (χ2v) is 3.03. The maximum atomic E-state index is 11.1. The normalized spacial score (nSPS) is 31.3. The second-order valence-electron chi connectivity index (χ2n) is 3.03. The highest BCUT2D eigenvalue weighted by molar-refractivity contribution is 5.88. The highest BCUT2D eigenvalue weighted by Gasteiger charge is 2.39. The van der Waals surface area contributed by atoms with E-state index in [0.717, 1.165) is 0 Å². The Kier molecular flexibility index (Phi) is 2.32. The van der Waals surface area contributed by atoms with Gasteiger partial charge in [-0.15, -0.1) is 0 Å². The number of hydrogen-bond donors (Lipinski definition) is 3. The molecule has 0 aliphatic carbocycles. The van der Waals surface area contributed by atoms with Crippen LogP contribution in [0.25, 0.3) is 0 Å². The Hall–Kier alpha value is -1.10. The van der Waals surface area contributed by atoms with Gasteiger partial charge < -0.3 is 16.2 Å². The van der Waals surface area contributed by atoms with Crippen LogP contribution in [-0.4, -0.2) is 29.6 Å². The van der Waals surface area contributed by atoms with Crippen LogP contribution in [-0.2, 0) is 9.59 Å². The molecular formula is C7H12N2O3. The Balaban J connectivity index is 2.72. The molecule has 1 heterocycles. The number of carbonyl (C=O) groups is 2. The monoisotopic (exact) mass is 172 g/mol. The van der Waals surface area contributed by atoms with E-state index in [1.807, 2.05) is 0 Å². The number of aliphatic hydroxyl groups is 1.